The summed E-state index contributed by atoms with van der Waals surface area (Å²) in [5.41, 5.74) is -1.13. The molecule has 0 spiro atoms. The molecule has 6 heteroatoms. The molecule has 0 saturated carbocycles. The largest absolute Gasteiger partial charge is 0.267 e. The van der Waals surface area contributed by atoms with Gasteiger partial charge in [0.2, 0.25) is 0 Å². The van der Waals surface area contributed by atoms with Crippen LogP contribution in [0.25, 0.3) is 0 Å². The smallest absolute Gasteiger partial charge is 0.208 e. The molecule has 0 amide bonds. The van der Waals surface area contributed by atoms with Gasteiger partial charge in [-0.15, -0.1) is 0 Å². The number of alkyl halides is 2. The van der Waals surface area contributed by atoms with Crippen LogP contribution < -0.4 is 0 Å². The first kappa shape index (κ1) is 15.1. The van der Waals surface area contributed by atoms with E-state index in [9.17, 15) is 8.78 Å². The van der Waals surface area contributed by atoms with E-state index in [1.54, 1.807) is 25.2 Å². The highest BCUT2D eigenvalue weighted by molar-refractivity contribution is 7.90. The van der Waals surface area contributed by atoms with Crippen molar-refractivity contribution >= 4 is 11.5 Å². The second-order valence-electron chi connectivity index (χ2n) is 4.32. The molecular weight excluding hydrogens is 220 g/mol. The maximum atomic E-state index is 12.9. The lowest BCUT2D eigenvalue weighted by Crippen LogP contribution is -2.57. The van der Waals surface area contributed by atoms with Gasteiger partial charge in [-0.3, -0.25) is 0 Å². The van der Waals surface area contributed by atoms with E-state index < -0.39 is 23.4 Å². The third kappa shape index (κ3) is 3.55. The van der Waals surface area contributed by atoms with Gasteiger partial charge >= 0.3 is 0 Å². The number of rotatable bonds is 5. The van der Waals surface area contributed by atoms with E-state index in [1.807, 2.05) is 36.8 Å². The predicted octanol–water partition coefficient (Wildman–Crippen LogP) is 1.45. The predicted molar refractivity (Wildman–Crippen MR) is 62.6 cm³/mol. The van der Waals surface area contributed by atoms with Gasteiger partial charge in [-0.25, -0.2) is 8.78 Å². The van der Waals surface area contributed by atoms with Crippen LogP contribution in [0.1, 0.15) is 13.8 Å². The Bertz CT molecular complexity index is 190. The van der Waals surface area contributed by atoms with Crippen LogP contribution in [0.2, 0.25) is 0 Å². The molecule has 0 aromatic heterocycles. The van der Waals surface area contributed by atoms with Gasteiger partial charge in [-0.05, 0) is 13.8 Å². The zero-order chi connectivity index (χ0) is 12.4. The summed E-state index contributed by atoms with van der Waals surface area (Å²) in [6, 6.07) is 0. The molecular formula is C9H22F2N3S+. The average Bonchev–Trinajstić information content (AvgIpc) is 2.01. The summed E-state index contributed by atoms with van der Waals surface area (Å²) in [6.45, 7) is 3.12. The van der Waals surface area contributed by atoms with Gasteiger partial charge < -0.3 is 0 Å². The summed E-state index contributed by atoms with van der Waals surface area (Å²) >= 11 is -0.443. The van der Waals surface area contributed by atoms with Gasteiger partial charge in [0.25, 0.3) is 17.9 Å². The van der Waals surface area contributed by atoms with Gasteiger partial charge in [-0.2, -0.15) is 0 Å². The Morgan fingerprint density at radius 3 is 1.47 bits per heavy atom. The lowest BCUT2D eigenvalue weighted by atomic mass is 10.1. The molecule has 0 aliphatic carbocycles. The van der Waals surface area contributed by atoms with Crippen LogP contribution in [0.4, 0.5) is 8.78 Å². The minimum Gasteiger partial charge on any atom is -0.208 e. The standard InChI is InChI=1S/C9H22F2N3S/c1-9(2,8(10)11)14(7)15(12(3)4)13(5)6/h8H,1-7H3/q+1. The Morgan fingerprint density at radius 1 is 0.933 bits per heavy atom. The van der Waals surface area contributed by atoms with Crippen molar-refractivity contribution in [2.75, 3.05) is 35.2 Å². The lowest BCUT2D eigenvalue weighted by Gasteiger charge is -2.34. The monoisotopic (exact) mass is 242 g/mol. The number of halogens is 2. The van der Waals surface area contributed by atoms with Gasteiger partial charge in [0.15, 0.2) is 0 Å². The number of hydrogen-bond acceptors (Lipinski definition) is 3. The fourth-order valence-electron chi connectivity index (χ4n) is 1.16. The molecule has 15 heavy (non-hydrogen) atoms. The minimum absolute atomic E-state index is 0.443. The van der Waals surface area contributed by atoms with E-state index in [-0.39, 0.29) is 0 Å². The molecule has 0 aromatic carbocycles. The Hall–Kier alpha value is 0.0900. The fraction of sp³-hybridized carbons (Fsp3) is 1.00. The lowest BCUT2D eigenvalue weighted by molar-refractivity contribution is 0.0163. The molecule has 0 unspecified atom stereocenters. The van der Waals surface area contributed by atoms with Crippen LogP contribution in [-0.2, 0) is 11.5 Å². The quantitative estimate of drug-likeness (QED) is 0.676. The van der Waals surface area contributed by atoms with Crippen molar-refractivity contribution in [1.29, 1.82) is 0 Å². The second-order valence-corrected chi connectivity index (χ2v) is 6.82. The van der Waals surface area contributed by atoms with Crippen LogP contribution in [0.5, 0.6) is 0 Å². The van der Waals surface area contributed by atoms with E-state index in [4.69, 9.17) is 0 Å². The third-order valence-corrected chi connectivity index (χ3v) is 4.51. The van der Waals surface area contributed by atoms with Gasteiger partial charge in [0.1, 0.15) is 5.54 Å². The SMILES string of the molecule is CN(C)[S+](N(C)C)N(C)C(C)(C)C(F)F. The summed E-state index contributed by atoms with van der Waals surface area (Å²) in [5, 5.41) is 0. The first-order valence-electron chi connectivity index (χ1n) is 4.73. The van der Waals surface area contributed by atoms with Crippen molar-refractivity contribution < 1.29 is 8.78 Å². The van der Waals surface area contributed by atoms with Gasteiger partial charge in [-0.1, -0.05) is 12.9 Å². The molecule has 0 saturated heterocycles. The number of hydrogen-bond donors (Lipinski definition) is 0. The second kappa shape index (κ2) is 5.43. The zero-order valence-electron chi connectivity index (χ0n) is 10.6. The maximum absolute atomic E-state index is 12.9. The third-order valence-electron chi connectivity index (χ3n) is 2.24. The maximum Gasteiger partial charge on any atom is 0.267 e. The summed E-state index contributed by atoms with van der Waals surface area (Å²) < 4.78 is 31.3. The fourth-order valence-corrected chi connectivity index (χ4v) is 3.30. The van der Waals surface area contributed by atoms with E-state index in [1.165, 1.54) is 0 Å². The van der Waals surface area contributed by atoms with Crippen LogP contribution in [0, 0.1) is 0 Å². The molecule has 92 valence electrons. The highest BCUT2D eigenvalue weighted by Gasteiger charge is 2.47. The molecule has 0 bridgehead atoms. The van der Waals surface area contributed by atoms with Crippen molar-refractivity contribution in [3.05, 3.63) is 0 Å². The van der Waals surface area contributed by atoms with Crippen LogP contribution in [-0.4, -0.2) is 60.1 Å². The summed E-state index contributed by atoms with van der Waals surface area (Å²) in [5.74, 6) is 0. The van der Waals surface area contributed by atoms with E-state index in [2.05, 4.69) is 0 Å². The molecule has 0 aromatic rings. The van der Waals surface area contributed by atoms with Crippen LogP contribution in [0.3, 0.4) is 0 Å². The van der Waals surface area contributed by atoms with Gasteiger partial charge in [0, 0.05) is 35.2 Å². The summed E-state index contributed by atoms with van der Waals surface area (Å²) in [4.78, 5) is 0. The molecule has 0 fully saturated rings. The molecule has 0 aliphatic heterocycles. The Labute approximate surface area is 94.8 Å². The minimum atomic E-state index is -2.36. The first-order chi connectivity index (χ1) is 6.62. The van der Waals surface area contributed by atoms with Crippen molar-refractivity contribution in [2.24, 2.45) is 0 Å². The van der Waals surface area contributed by atoms with Gasteiger partial charge in [0.05, 0.1) is 0 Å². The van der Waals surface area contributed by atoms with E-state index in [0.717, 1.165) is 0 Å². The number of nitrogens with zero attached hydrogens (tertiary/aromatic N) is 3. The zero-order valence-corrected chi connectivity index (χ0v) is 11.4. The normalized spacial score (nSPS) is 14.0. The summed E-state index contributed by atoms with van der Waals surface area (Å²) in [6.07, 6.45) is -2.36. The molecule has 3 nitrogen and oxygen atoms in total. The van der Waals surface area contributed by atoms with E-state index >= 15 is 0 Å². The van der Waals surface area contributed by atoms with Crippen LogP contribution >= 0.6 is 0 Å². The Balaban J connectivity index is 4.86. The van der Waals surface area contributed by atoms with E-state index in [0.29, 0.717) is 0 Å². The van der Waals surface area contributed by atoms with Crippen LogP contribution in [0.15, 0.2) is 0 Å². The van der Waals surface area contributed by atoms with Crippen molar-refractivity contribution in [1.82, 2.24) is 12.9 Å². The highest BCUT2D eigenvalue weighted by atomic mass is 32.2. The molecule has 0 heterocycles. The summed E-state index contributed by atoms with van der Waals surface area (Å²) in [7, 11) is 9.29. The molecule has 0 atom stereocenters. The Morgan fingerprint density at radius 2 is 1.27 bits per heavy atom. The molecule has 0 aliphatic rings. The average molecular weight is 242 g/mol. The topological polar surface area (TPSA) is 9.72 Å². The molecule has 0 radical (unpaired) electrons. The molecule has 0 rings (SSSR count). The van der Waals surface area contributed by atoms with Crippen molar-refractivity contribution in [2.45, 2.75) is 25.8 Å². The highest BCUT2D eigenvalue weighted by Crippen LogP contribution is 2.26. The van der Waals surface area contributed by atoms with Crippen molar-refractivity contribution in [3.8, 4) is 0 Å². The van der Waals surface area contributed by atoms with Crippen molar-refractivity contribution in [3.63, 3.8) is 0 Å². The molecule has 0 N–H and O–H groups in total. The Kier molecular flexibility index (Phi) is 5.46. The first-order valence-corrected chi connectivity index (χ1v) is 5.83.